The van der Waals surface area contributed by atoms with Crippen molar-refractivity contribution in [3.8, 4) is 11.5 Å². The first kappa shape index (κ1) is 21.0. The average Bonchev–Trinajstić information content (AvgIpc) is 3.07. The van der Waals surface area contributed by atoms with E-state index in [1.807, 2.05) is 24.3 Å². The van der Waals surface area contributed by atoms with Gasteiger partial charge in [-0.3, -0.25) is 9.59 Å². The van der Waals surface area contributed by atoms with Gasteiger partial charge in [0, 0.05) is 29.7 Å². The highest BCUT2D eigenvalue weighted by Crippen LogP contribution is 2.30. The number of alkyl halides is 2. The van der Waals surface area contributed by atoms with E-state index in [0.29, 0.717) is 5.56 Å². The van der Waals surface area contributed by atoms with Crippen LogP contribution in [0.4, 0.5) is 14.5 Å². The van der Waals surface area contributed by atoms with Gasteiger partial charge in [0.25, 0.3) is 0 Å². The zero-order valence-corrected chi connectivity index (χ0v) is 17.1. The first-order valence-corrected chi connectivity index (χ1v) is 9.62. The lowest BCUT2D eigenvalue weighted by Gasteiger charge is -2.17. The lowest BCUT2D eigenvalue weighted by molar-refractivity contribution is -0.126. The van der Waals surface area contributed by atoms with Gasteiger partial charge >= 0.3 is 6.61 Å². The summed E-state index contributed by atoms with van der Waals surface area (Å²) >= 11 is 3.37. The molecular weight excluding hydrogens is 450 g/mol. The van der Waals surface area contributed by atoms with E-state index in [2.05, 4.69) is 26.0 Å². The van der Waals surface area contributed by atoms with Gasteiger partial charge in [0.1, 0.15) is 0 Å². The molecule has 1 heterocycles. The maximum absolute atomic E-state index is 12.5. The lowest BCUT2D eigenvalue weighted by atomic mass is 10.1. The molecule has 1 unspecified atom stereocenters. The molecule has 1 saturated heterocycles. The third-order valence-electron chi connectivity index (χ3n) is 4.53. The van der Waals surface area contributed by atoms with Gasteiger partial charge in [-0.2, -0.15) is 8.78 Å². The molecule has 1 atom stereocenters. The molecule has 29 heavy (non-hydrogen) atoms. The first-order valence-electron chi connectivity index (χ1n) is 8.82. The van der Waals surface area contributed by atoms with E-state index in [4.69, 9.17) is 4.74 Å². The Morgan fingerprint density at radius 3 is 2.76 bits per heavy atom. The molecule has 2 aromatic rings. The third kappa shape index (κ3) is 5.23. The Balaban J connectivity index is 1.62. The van der Waals surface area contributed by atoms with E-state index < -0.39 is 12.5 Å². The number of methoxy groups -OCH3 is 1. The maximum Gasteiger partial charge on any atom is 0.387 e. The summed E-state index contributed by atoms with van der Waals surface area (Å²) in [6, 6.07) is 11.8. The summed E-state index contributed by atoms with van der Waals surface area (Å²) in [5.74, 6) is -0.822. The van der Waals surface area contributed by atoms with Gasteiger partial charge in [0.05, 0.1) is 13.0 Å². The van der Waals surface area contributed by atoms with Crippen molar-refractivity contribution in [2.45, 2.75) is 19.6 Å². The molecular formula is C20H19BrF2N2O4. The maximum atomic E-state index is 12.5. The fraction of sp³-hybridized carbons (Fsp3) is 0.300. The molecule has 3 rings (SSSR count). The van der Waals surface area contributed by atoms with Crippen LogP contribution in [0, 0.1) is 5.92 Å². The van der Waals surface area contributed by atoms with Gasteiger partial charge in [-0.25, -0.2) is 0 Å². The van der Waals surface area contributed by atoms with E-state index in [9.17, 15) is 18.4 Å². The van der Waals surface area contributed by atoms with Crippen LogP contribution in [0.5, 0.6) is 11.5 Å². The Morgan fingerprint density at radius 2 is 2.07 bits per heavy atom. The van der Waals surface area contributed by atoms with Gasteiger partial charge in [-0.1, -0.05) is 28.1 Å². The van der Waals surface area contributed by atoms with Crippen molar-refractivity contribution >= 4 is 33.4 Å². The molecule has 0 bridgehead atoms. The molecule has 9 heteroatoms. The molecule has 1 aliphatic rings. The number of benzene rings is 2. The monoisotopic (exact) mass is 468 g/mol. The van der Waals surface area contributed by atoms with Crippen molar-refractivity contribution in [3.05, 3.63) is 52.5 Å². The number of nitrogens with one attached hydrogen (secondary N) is 1. The highest BCUT2D eigenvalue weighted by molar-refractivity contribution is 9.10. The summed E-state index contributed by atoms with van der Waals surface area (Å²) in [6.45, 7) is -2.59. The van der Waals surface area contributed by atoms with Crippen molar-refractivity contribution in [1.82, 2.24) is 5.32 Å². The lowest BCUT2D eigenvalue weighted by Crippen LogP contribution is -2.32. The van der Waals surface area contributed by atoms with Crippen LogP contribution in [0.25, 0.3) is 0 Å². The fourth-order valence-corrected chi connectivity index (χ4v) is 3.52. The third-order valence-corrected chi connectivity index (χ3v) is 5.02. The smallest absolute Gasteiger partial charge is 0.387 e. The number of carbonyl (C=O) groups is 2. The molecule has 1 fully saturated rings. The number of halogens is 3. The van der Waals surface area contributed by atoms with Crippen molar-refractivity contribution in [1.29, 1.82) is 0 Å². The molecule has 6 nitrogen and oxygen atoms in total. The SMILES string of the molecule is COc1ccc(CNC(=O)C2CC(=O)N(c3cccc(Br)c3)C2)cc1OC(F)F. The van der Waals surface area contributed by atoms with Crippen LogP contribution >= 0.6 is 15.9 Å². The van der Waals surface area contributed by atoms with Crippen LogP contribution in [-0.4, -0.2) is 32.1 Å². The molecule has 1 aliphatic heterocycles. The van der Waals surface area contributed by atoms with E-state index in [0.717, 1.165) is 10.2 Å². The molecule has 2 amide bonds. The number of anilines is 1. The molecule has 154 valence electrons. The predicted molar refractivity (Wildman–Crippen MR) is 106 cm³/mol. The molecule has 0 aliphatic carbocycles. The zero-order valence-electron chi connectivity index (χ0n) is 15.5. The zero-order chi connectivity index (χ0) is 21.0. The summed E-state index contributed by atoms with van der Waals surface area (Å²) in [6.07, 6.45) is 0.112. The van der Waals surface area contributed by atoms with Crippen LogP contribution in [0.3, 0.4) is 0 Å². The number of hydrogen-bond acceptors (Lipinski definition) is 4. The Morgan fingerprint density at radius 1 is 1.28 bits per heavy atom. The molecule has 0 radical (unpaired) electrons. The highest BCUT2D eigenvalue weighted by Gasteiger charge is 2.35. The number of amides is 2. The van der Waals surface area contributed by atoms with Gasteiger partial charge in [0.15, 0.2) is 11.5 Å². The van der Waals surface area contributed by atoms with E-state index >= 15 is 0 Å². The van der Waals surface area contributed by atoms with E-state index in [1.165, 1.54) is 19.2 Å². The minimum absolute atomic E-state index is 0.105. The fourth-order valence-electron chi connectivity index (χ4n) is 3.13. The Labute approximate surface area is 174 Å². The number of carbonyl (C=O) groups excluding carboxylic acids is 2. The van der Waals surface area contributed by atoms with Crippen LogP contribution < -0.4 is 19.7 Å². The molecule has 0 aromatic heterocycles. The summed E-state index contributed by atoms with van der Waals surface area (Å²) in [5, 5.41) is 2.75. The normalized spacial score (nSPS) is 16.2. The van der Waals surface area contributed by atoms with Crippen LogP contribution in [-0.2, 0) is 16.1 Å². The predicted octanol–water partition coefficient (Wildman–Crippen LogP) is 3.73. The van der Waals surface area contributed by atoms with Crippen LogP contribution in [0.15, 0.2) is 46.9 Å². The second kappa shape index (κ2) is 9.21. The minimum Gasteiger partial charge on any atom is -0.493 e. The number of ether oxygens (including phenoxy) is 2. The second-order valence-corrected chi connectivity index (χ2v) is 7.38. The summed E-state index contributed by atoms with van der Waals surface area (Å²) < 4.78 is 35.4. The van der Waals surface area contributed by atoms with Crippen LogP contribution in [0.2, 0.25) is 0 Å². The van der Waals surface area contributed by atoms with Gasteiger partial charge in [-0.15, -0.1) is 0 Å². The van der Waals surface area contributed by atoms with E-state index in [1.54, 1.807) is 11.0 Å². The van der Waals surface area contributed by atoms with Crippen LogP contribution in [0.1, 0.15) is 12.0 Å². The Kier molecular flexibility index (Phi) is 6.68. The molecule has 1 N–H and O–H groups in total. The minimum atomic E-state index is -2.98. The standard InChI is InChI=1S/C20H19BrF2N2O4/c1-28-16-6-5-12(7-17(16)29-20(22)23)10-24-19(27)13-8-18(26)25(11-13)15-4-2-3-14(21)9-15/h2-7,9,13,20H,8,10-11H2,1H3,(H,24,27). The van der Waals surface area contributed by atoms with Crippen molar-refractivity contribution in [2.24, 2.45) is 5.92 Å². The summed E-state index contributed by atoms with van der Waals surface area (Å²) in [5.41, 5.74) is 1.30. The first-order chi connectivity index (χ1) is 13.9. The molecule has 0 spiro atoms. The molecule has 2 aromatic carbocycles. The van der Waals surface area contributed by atoms with E-state index in [-0.39, 0.29) is 42.8 Å². The number of hydrogen-bond donors (Lipinski definition) is 1. The second-order valence-electron chi connectivity index (χ2n) is 6.47. The van der Waals surface area contributed by atoms with Gasteiger partial charge in [0.2, 0.25) is 11.8 Å². The molecule has 0 saturated carbocycles. The summed E-state index contributed by atoms with van der Waals surface area (Å²) in [7, 11) is 1.35. The summed E-state index contributed by atoms with van der Waals surface area (Å²) in [4.78, 5) is 26.4. The Hall–Kier alpha value is -2.68. The number of rotatable bonds is 7. The largest absolute Gasteiger partial charge is 0.493 e. The quantitative estimate of drug-likeness (QED) is 0.672. The van der Waals surface area contributed by atoms with Crippen molar-refractivity contribution in [2.75, 3.05) is 18.6 Å². The van der Waals surface area contributed by atoms with Gasteiger partial charge in [-0.05, 0) is 35.9 Å². The van der Waals surface area contributed by atoms with Crippen molar-refractivity contribution < 1.29 is 27.8 Å². The average molecular weight is 469 g/mol. The van der Waals surface area contributed by atoms with Crippen molar-refractivity contribution in [3.63, 3.8) is 0 Å². The topological polar surface area (TPSA) is 67.9 Å². The highest BCUT2D eigenvalue weighted by atomic mass is 79.9. The van der Waals surface area contributed by atoms with Gasteiger partial charge < -0.3 is 19.7 Å². The number of nitrogens with zero attached hydrogens (tertiary/aromatic N) is 1. The Bertz CT molecular complexity index is 910.